The van der Waals surface area contributed by atoms with Gasteiger partial charge in [-0.1, -0.05) is 19.1 Å². The van der Waals surface area contributed by atoms with Gasteiger partial charge in [0.25, 0.3) is 5.56 Å². The molecule has 7 nitrogen and oxygen atoms in total. The molecule has 2 bridgehead atoms. The molecule has 2 amide bonds. The Balaban J connectivity index is 2.11. The van der Waals surface area contributed by atoms with Gasteiger partial charge in [-0.25, -0.2) is 0 Å². The molecule has 164 valence electrons. The normalized spacial score (nSPS) is 25.5. The van der Waals surface area contributed by atoms with Crippen LogP contribution >= 0.6 is 0 Å². The highest BCUT2D eigenvalue weighted by Gasteiger charge is 2.57. The average molecular weight is 427 g/mol. The third-order valence-electron chi connectivity index (χ3n) is 5.78. The van der Waals surface area contributed by atoms with Crippen molar-refractivity contribution in [1.82, 2.24) is 14.8 Å². The summed E-state index contributed by atoms with van der Waals surface area (Å²) in [5.41, 5.74) is 0.501. The quantitative estimate of drug-likeness (QED) is 0.744. The van der Waals surface area contributed by atoms with Crippen molar-refractivity contribution < 1.29 is 27.9 Å². The largest absolute Gasteiger partial charge is 0.405 e. The fourth-order valence-electron chi connectivity index (χ4n) is 4.56. The van der Waals surface area contributed by atoms with Crippen LogP contribution in [0.5, 0.6) is 0 Å². The zero-order valence-electron chi connectivity index (χ0n) is 16.6. The maximum Gasteiger partial charge on any atom is 0.405 e. The van der Waals surface area contributed by atoms with E-state index in [1.165, 1.54) is 9.47 Å². The molecule has 1 aromatic heterocycles. The molecular formula is C20H24F3N3O4. The molecule has 2 aliphatic heterocycles. The van der Waals surface area contributed by atoms with Crippen LogP contribution in [0.15, 0.2) is 23.0 Å². The summed E-state index contributed by atoms with van der Waals surface area (Å²) < 4.78 is 39.4. The van der Waals surface area contributed by atoms with E-state index in [-0.39, 0.29) is 24.4 Å². The highest BCUT2D eigenvalue weighted by Crippen LogP contribution is 2.48. The zero-order chi connectivity index (χ0) is 22.2. The van der Waals surface area contributed by atoms with Crippen molar-refractivity contribution in [2.24, 2.45) is 11.8 Å². The van der Waals surface area contributed by atoms with Gasteiger partial charge in [0, 0.05) is 36.7 Å². The van der Waals surface area contributed by atoms with E-state index in [4.69, 9.17) is 0 Å². The third-order valence-corrected chi connectivity index (χ3v) is 5.78. The zero-order valence-corrected chi connectivity index (χ0v) is 16.6. The second-order valence-corrected chi connectivity index (χ2v) is 7.50. The topological polar surface area (TPSA) is 91.6 Å². The van der Waals surface area contributed by atoms with Crippen LogP contribution in [-0.2, 0) is 16.1 Å². The first-order valence-corrected chi connectivity index (χ1v) is 9.77. The number of alkyl halides is 3. The summed E-state index contributed by atoms with van der Waals surface area (Å²) in [6.45, 7) is 1.47. The highest BCUT2D eigenvalue weighted by atomic mass is 19.4. The third kappa shape index (κ3) is 3.76. The first-order chi connectivity index (χ1) is 14.1. The highest BCUT2D eigenvalue weighted by molar-refractivity contribution is 5.84. The Morgan fingerprint density at radius 1 is 1.33 bits per heavy atom. The van der Waals surface area contributed by atoms with Gasteiger partial charge in [-0.05, 0) is 19.1 Å². The number of aromatic nitrogens is 1. The van der Waals surface area contributed by atoms with E-state index in [2.05, 4.69) is 0 Å². The molecule has 4 atom stereocenters. The van der Waals surface area contributed by atoms with Gasteiger partial charge in [0.15, 0.2) is 0 Å². The summed E-state index contributed by atoms with van der Waals surface area (Å²) in [5.74, 6) is -3.07. The summed E-state index contributed by atoms with van der Waals surface area (Å²) in [6, 6.07) is 1.60. The second kappa shape index (κ2) is 8.25. The summed E-state index contributed by atoms with van der Waals surface area (Å²) in [5, 5.41) is 11.9. The fraction of sp³-hybridized carbons (Fsp3) is 0.550. The van der Waals surface area contributed by atoms with Crippen molar-refractivity contribution in [1.29, 1.82) is 0 Å². The molecule has 1 saturated heterocycles. The number of carbonyl (C=O) groups is 2. The standard InChI is InChI=1S/C20H24F3N3O4/c1-3-5-11-6-7-13-17-16(18(29)24-10-20(21,22)23)12(9-27)14(8-25(13)19(11)30)26(17)15(28)4-2/h3,5-7,12,14,16-17,27H,4,8-10H2,1-2H3,(H,24,29)/b5-3-/t12-,14-,16+,17+/m1/s1. The fourth-order valence-corrected chi connectivity index (χ4v) is 4.56. The number of nitrogens with zero attached hydrogens (tertiary/aromatic N) is 2. The molecule has 1 aromatic rings. The first-order valence-electron chi connectivity index (χ1n) is 9.77. The maximum atomic E-state index is 12.9. The number of aliphatic hydroxyl groups is 1. The van der Waals surface area contributed by atoms with Crippen LogP contribution in [-0.4, -0.2) is 51.8 Å². The van der Waals surface area contributed by atoms with Gasteiger partial charge in [-0.3, -0.25) is 14.4 Å². The van der Waals surface area contributed by atoms with Crippen LogP contribution in [0, 0.1) is 11.8 Å². The number of aliphatic hydroxyl groups excluding tert-OH is 1. The van der Waals surface area contributed by atoms with E-state index in [1.807, 2.05) is 5.32 Å². The van der Waals surface area contributed by atoms with E-state index in [0.29, 0.717) is 11.3 Å². The van der Waals surface area contributed by atoms with E-state index in [9.17, 15) is 32.7 Å². The van der Waals surface area contributed by atoms with Gasteiger partial charge in [0.2, 0.25) is 11.8 Å². The number of amides is 2. The number of fused-ring (bicyclic) bond motifs is 4. The van der Waals surface area contributed by atoms with Crippen molar-refractivity contribution in [3.05, 3.63) is 39.8 Å². The predicted octanol–water partition coefficient (Wildman–Crippen LogP) is 1.46. The molecule has 10 heteroatoms. The van der Waals surface area contributed by atoms with Gasteiger partial charge in [-0.2, -0.15) is 13.2 Å². The number of pyridine rings is 1. The molecule has 0 unspecified atom stereocenters. The number of carbonyl (C=O) groups excluding carboxylic acids is 2. The summed E-state index contributed by atoms with van der Waals surface area (Å²) in [6.07, 6.45) is -1.12. The molecule has 0 aromatic carbocycles. The number of rotatable bonds is 5. The molecule has 2 N–H and O–H groups in total. The number of hydrogen-bond donors (Lipinski definition) is 2. The Kier molecular flexibility index (Phi) is 6.07. The van der Waals surface area contributed by atoms with Crippen molar-refractivity contribution in [3.63, 3.8) is 0 Å². The number of hydrogen-bond acceptors (Lipinski definition) is 4. The first kappa shape index (κ1) is 22.1. The molecule has 0 saturated carbocycles. The van der Waals surface area contributed by atoms with Gasteiger partial charge >= 0.3 is 6.18 Å². The van der Waals surface area contributed by atoms with E-state index < -0.39 is 49.2 Å². The summed E-state index contributed by atoms with van der Waals surface area (Å²) >= 11 is 0. The minimum Gasteiger partial charge on any atom is -0.396 e. The van der Waals surface area contributed by atoms with Crippen LogP contribution in [0.1, 0.15) is 37.6 Å². The Morgan fingerprint density at radius 2 is 2.03 bits per heavy atom. The summed E-state index contributed by atoms with van der Waals surface area (Å²) in [4.78, 5) is 39.8. The number of allylic oxidation sites excluding steroid dienone is 1. The van der Waals surface area contributed by atoms with Gasteiger partial charge in [-0.15, -0.1) is 0 Å². The molecule has 30 heavy (non-hydrogen) atoms. The molecule has 0 aliphatic carbocycles. The Labute approximate surface area is 171 Å². The van der Waals surface area contributed by atoms with Gasteiger partial charge < -0.3 is 19.9 Å². The SMILES string of the molecule is C/C=C\c1ccc2n(c1=O)C[C@@H]1[C@@H](CO)[C@H](C(=O)NCC(F)(F)F)[C@H]2N1C(=O)CC. The molecular weight excluding hydrogens is 403 g/mol. The van der Waals surface area contributed by atoms with E-state index in [1.54, 1.807) is 38.1 Å². The molecule has 0 spiro atoms. The molecule has 0 radical (unpaired) electrons. The Bertz CT molecular complexity index is 925. The Hall–Kier alpha value is -2.62. The van der Waals surface area contributed by atoms with Crippen LogP contribution in [0.4, 0.5) is 13.2 Å². The average Bonchev–Trinajstić information content (AvgIpc) is 2.94. The Morgan fingerprint density at radius 3 is 2.60 bits per heavy atom. The molecule has 3 heterocycles. The van der Waals surface area contributed by atoms with Crippen molar-refractivity contribution in [2.45, 2.75) is 45.1 Å². The predicted molar refractivity (Wildman–Crippen MR) is 102 cm³/mol. The van der Waals surface area contributed by atoms with Crippen LogP contribution < -0.4 is 10.9 Å². The van der Waals surface area contributed by atoms with Gasteiger partial charge in [0.05, 0.1) is 18.0 Å². The van der Waals surface area contributed by atoms with Crippen LogP contribution in [0.3, 0.4) is 0 Å². The number of halogens is 3. The lowest BCUT2D eigenvalue weighted by atomic mass is 9.86. The smallest absolute Gasteiger partial charge is 0.396 e. The van der Waals surface area contributed by atoms with Crippen molar-refractivity contribution >= 4 is 17.9 Å². The van der Waals surface area contributed by atoms with Gasteiger partial charge in [0.1, 0.15) is 6.54 Å². The minimum atomic E-state index is -4.59. The van der Waals surface area contributed by atoms with Crippen LogP contribution in [0.2, 0.25) is 0 Å². The lowest BCUT2D eigenvalue weighted by molar-refractivity contribution is -0.143. The molecule has 2 aliphatic rings. The van der Waals surface area contributed by atoms with Crippen molar-refractivity contribution in [2.75, 3.05) is 13.2 Å². The number of nitrogens with one attached hydrogen (secondary N) is 1. The second-order valence-electron chi connectivity index (χ2n) is 7.50. The van der Waals surface area contributed by atoms with Crippen molar-refractivity contribution in [3.8, 4) is 0 Å². The van der Waals surface area contributed by atoms with E-state index >= 15 is 0 Å². The lowest BCUT2D eigenvalue weighted by Gasteiger charge is -2.38. The maximum absolute atomic E-state index is 12.9. The monoisotopic (exact) mass is 427 g/mol. The molecule has 1 fully saturated rings. The molecule has 3 rings (SSSR count). The summed E-state index contributed by atoms with van der Waals surface area (Å²) in [7, 11) is 0. The lowest BCUT2D eigenvalue weighted by Crippen LogP contribution is -2.49. The van der Waals surface area contributed by atoms with Crippen LogP contribution in [0.25, 0.3) is 6.08 Å². The van der Waals surface area contributed by atoms with E-state index in [0.717, 1.165) is 0 Å². The minimum absolute atomic E-state index is 0.0656.